The maximum atomic E-state index is 13.5. The zero-order valence-electron chi connectivity index (χ0n) is 23.6. The number of benzene rings is 1. The number of ether oxygens (including phenoxy) is 1. The van der Waals surface area contributed by atoms with Crippen molar-refractivity contribution in [1.82, 2.24) is 20.9 Å². The average molecular weight is 585 g/mol. The second-order valence-corrected chi connectivity index (χ2v) is 11.3. The number of nitrogens with one attached hydrogen (secondary N) is 4. The van der Waals surface area contributed by atoms with E-state index < -0.39 is 41.1 Å². The molecule has 1 aliphatic carbocycles. The SMILES string of the molecule is CC(C)[C@H](NC(=O)OCc1ccccc1)C(=O)N[C@@H](CC1CCCCC1)C(=O)N[C@@H](Cc1ccc[nH]c1=O)C(=O)S. The van der Waals surface area contributed by atoms with Crippen molar-refractivity contribution in [3.63, 3.8) is 0 Å². The molecule has 3 atom stereocenters. The van der Waals surface area contributed by atoms with Gasteiger partial charge in [-0.1, -0.05) is 82.3 Å². The Bertz CT molecular complexity index is 1230. The van der Waals surface area contributed by atoms with E-state index in [9.17, 15) is 24.0 Å². The van der Waals surface area contributed by atoms with Gasteiger partial charge in [-0.25, -0.2) is 4.79 Å². The summed E-state index contributed by atoms with van der Waals surface area (Å²) in [7, 11) is 0. The number of hydrogen-bond donors (Lipinski definition) is 5. The van der Waals surface area contributed by atoms with E-state index in [0.29, 0.717) is 12.0 Å². The van der Waals surface area contributed by atoms with Gasteiger partial charge in [-0.3, -0.25) is 19.2 Å². The zero-order chi connectivity index (χ0) is 29.8. The van der Waals surface area contributed by atoms with Gasteiger partial charge in [0, 0.05) is 18.2 Å². The van der Waals surface area contributed by atoms with Gasteiger partial charge in [0.05, 0.1) is 0 Å². The van der Waals surface area contributed by atoms with Crippen LogP contribution in [0.2, 0.25) is 0 Å². The van der Waals surface area contributed by atoms with Gasteiger partial charge in [-0.05, 0) is 29.9 Å². The lowest BCUT2D eigenvalue weighted by molar-refractivity contribution is -0.132. The molecular formula is C30H40N4O6S. The van der Waals surface area contributed by atoms with Crippen LogP contribution in [-0.2, 0) is 32.1 Å². The smallest absolute Gasteiger partial charge is 0.408 e. The number of pyridine rings is 1. The Hall–Kier alpha value is -3.60. The fraction of sp³-hybridized carbons (Fsp3) is 0.500. The molecule has 11 heteroatoms. The number of amides is 3. The first kappa shape index (κ1) is 31.9. The van der Waals surface area contributed by atoms with Crippen LogP contribution in [0, 0.1) is 11.8 Å². The molecule has 0 aliphatic heterocycles. The van der Waals surface area contributed by atoms with Crippen LogP contribution < -0.4 is 21.5 Å². The molecule has 1 saturated carbocycles. The summed E-state index contributed by atoms with van der Waals surface area (Å²) in [6.07, 6.45) is 6.18. The number of rotatable bonds is 13. The van der Waals surface area contributed by atoms with E-state index in [2.05, 4.69) is 33.6 Å². The van der Waals surface area contributed by atoms with E-state index in [1.165, 1.54) is 6.20 Å². The molecule has 1 aliphatic rings. The molecule has 222 valence electrons. The predicted octanol–water partition coefficient (Wildman–Crippen LogP) is 3.26. The minimum atomic E-state index is -1.06. The maximum absolute atomic E-state index is 13.5. The molecule has 1 aromatic carbocycles. The fourth-order valence-corrected chi connectivity index (χ4v) is 5.14. The van der Waals surface area contributed by atoms with Crippen LogP contribution in [0.1, 0.15) is 63.5 Å². The highest BCUT2D eigenvalue weighted by Crippen LogP contribution is 2.27. The number of alkyl carbamates (subject to hydrolysis) is 1. The Morgan fingerprint density at radius 1 is 0.927 bits per heavy atom. The minimum absolute atomic E-state index is 0.0439. The summed E-state index contributed by atoms with van der Waals surface area (Å²) >= 11 is 3.93. The first-order valence-corrected chi connectivity index (χ1v) is 14.6. The highest BCUT2D eigenvalue weighted by Gasteiger charge is 2.32. The van der Waals surface area contributed by atoms with Crippen molar-refractivity contribution in [1.29, 1.82) is 0 Å². The van der Waals surface area contributed by atoms with Crippen molar-refractivity contribution in [2.24, 2.45) is 11.8 Å². The largest absolute Gasteiger partial charge is 0.445 e. The highest BCUT2D eigenvalue weighted by atomic mass is 32.1. The number of H-pyrrole nitrogens is 1. The van der Waals surface area contributed by atoms with E-state index in [4.69, 9.17) is 4.74 Å². The second kappa shape index (κ2) is 16.0. The second-order valence-electron chi connectivity index (χ2n) is 10.9. The molecule has 3 rings (SSSR count). The number of thiol groups is 1. The Labute approximate surface area is 245 Å². The van der Waals surface area contributed by atoms with Crippen LogP contribution in [0.15, 0.2) is 53.5 Å². The summed E-state index contributed by atoms with van der Waals surface area (Å²) in [6, 6.07) is 9.43. The lowest BCUT2D eigenvalue weighted by Gasteiger charge is -2.29. The Kier molecular flexibility index (Phi) is 12.5. The van der Waals surface area contributed by atoms with Crippen molar-refractivity contribution < 1.29 is 23.9 Å². The van der Waals surface area contributed by atoms with Crippen molar-refractivity contribution in [3.8, 4) is 0 Å². The van der Waals surface area contributed by atoms with Gasteiger partial charge >= 0.3 is 6.09 Å². The van der Waals surface area contributed by atoms with E-state index in [1.54, 1.807) is 26.0 Å². The standard InChI is InChI=1S/C30H40N4O6S/c1-19(2)25(34-30(39)40-18-21-12-7-4-8-13-21)28(37)32-23(16-20-10-5-3-6-11-20)27(36)33-24(29(38)41)17-22-14-9-15-31-26(22)35/h4,7-9,12-15,19-20,23-25H,3,5-6,10-11,16-18H2,1-2H3,(H,31,35)(H,32,37)(H,33,36)(H,34,39)(H,38,41)/t23-,24-,25-/m0/s1. The number of aromatic nitrogens is 1. The molecular weight excluding hydrogens is 544 g/mol. The van der Waals surface area contributed by atoms with E-state index in [1.807, 2.05) is 30.3 Å². The summed E-state index contributed by atoms with van der Waals surface area (Å²) in [4.78, 5) is 66.5. The van der Waals surface area contributed by atoms with E-state index >= 15 is 0 Å². The molecule has 41 heavy (non-hydrogen) atoms. The van der Waals surface area contributed by atoms with Crippen molar-refractivity contribution in [3.05, 3.63) is 70.1 Å². The number of aromatic amines is 1. The number of carbonyl (C=O) groups is 4. The van der Waals surface area contributed by atoms with Crippen molar-refractivity contribution in [2.45, 2.75) is 83.5 Å². The molecule has 0 spiro atoms. The van der Waals surface area contributed by atoms with Gasteiger partial charge in [0.2, 0.25) is 16.9 Å². The number of hydrogen-bond acceptors (Lipinski definition) is 6. The Morgan fingerprint density at radius 3 is 2.24 bits per heavy atom. The first-order chi connectivity index (χ1) is 19.6. The van der Waals surface area contributed by atoms with Gasteiger partial charge in [0.1, 0.15) is 24.7 Å². The molecule has 4 N–H and O–H groups in total. The van der Waals surface area contributed by atoms with Crippen LogP contribution in [0.5, 0.6) is 0 Å². The lowest BCUT2D eigenvalue weighted by atomic mass is 9.84. The summed E-state index contributed by atoms with van der Waals surface area (Å²) in [5, 5.41) is 7.53. The first-order valence-electron chi connectivity index (χ1n) is 14.1. The summed E-state index contributed by atoms with van der Waals surface area (Å²) < 4.78 is 5.29. The molecule has 3 amide bonds. The van der Waals surface area contributed by atoms with Crippen LogP contribution >= 0.6 is 12.6 Å². The highest BCUT2D eigenvalue weighted by molar-refractivity contribution is 7.96. The fourth-order valence-electron chi connectivity index (χ4n) is 4.99. The summed E-state index contributed by atoms with van der Waals surface area (Å²) in [5.41, 5.74) is 0.771. The minimum Gasteiger partial charge on any atom is -0.445 e. The number of carbonyl (C=O) groups excluding carboxylic acids is 4. The molecule has 10 nitrogen and oxygen atoms in total. The monoisotopic (exact) mass is 584 g/mol. The normalized spacial score (nSPS) is 15.8. The van der Waals surface area contributed by atoms with E-state index in [-0.39, 0.29) is 30.4 Å². The molecule has 0 bridgehead atoms. The van der Waals surface area contributed by atoms with Gasteiger partial charge in [0.15, 0.2) is 0 Å². The molecule has 1 heterocycles. The van der Waals surface area contributed by atoms with Gasteiger partial charge < -0.3 is 25.7 Å². The molecule has 0 radical (unpaired) electrons. The summed E-state index contributed by atoms with van der Waals surface area (Å²) in [5.74, 6) is -1.14. The molecule has 0 saturated heterocycles. The Morgan fingerprint density at radius 2 is 1.61 bits per heavy atom. The van der Waals surface area contributed by atoms with Crippen LogP contribution in [0.25, 0.3) is 0 Å². The van der Waals surface area contributed by atoms with Crippen LogP contribution in [0.4, 0.5) is 4.79 Å². The van der Waals surface area contributed by atoms with Crippen molar-refractivity contribution >= 4 is 35.7 Å². The van der Waals surface area contributed by atoms with Crippen molar-refractivity contribution in [2.75, 3.05) is 0 Å². The molecule has 0 unspecified atom stereocenters. The van der Waals surface area contributed by atoms with Gasteiger partial charge in [-0.2, -0.15) is 0 Å². The molecule has 1 fully saturated rings. The lowest BCUT2D eigenvalue weighted by Crippen LogP contribution is -2.57. The topological polar surface area (TPSA) is 146 Å². The third-order valence-corrected chi connectivity index (χ3v) is 7.61. The third kappa shape index (κ3) is 10.4. The Balaban J connectivity index is 1.70. The zero-order valence-corrected chi connectivity index (χ0v) is 24.5. The molecule has 2 aromatic rings. The third-order valence-electron chi connectivity index (χ3n) is 7.30. The van der Waals surface area contributed by atoms with Crippen LogP contribution in [-0.4, -0.2) is 46.1 Å². The average Bonchev–Trinajstić information content (AvgIpc) is 2.96. The molecule has 1 aromatic heterocycles. The van der Waals surface area contributed by atoms with E-state index in [0.717, 1.165) is 37.7 Å². The quantitative estimate of drug-likeness (QED) is 0.229. The van der Waals surface area contributed by atoms with Crippen LogP contribution in [0.3, 0.4) is 0 Å². The predicted molar refractivity (Wildman–Crippen MR) is 158 cm³/mol. The summed E-state index contributed by atoms with van der Waals surface area (Å²) in [6.45, 7) is 3.62. The maximum Gasteiger partial charge on any atom is 0.408 e. The van der Waals surface area contributed by atoms with Gasteiger partial charge in [0.25, 0.3) is 5.56 Å². The van der Waals surface area contributed by atoms with Gasteiger partial charge in [-0.15, -0.1) is 12.6 Å².